The second kappa shape index (κ2) is 18.3. The van der Waals surface area contributed by atoms with Crippen LogP contribution in [-0.4, -0.2) is 111 Å². The standard InChI is InChI=1S/C19H26N6O3.C8H7ClF3NS.C6H6N2O2/c1-3-15-16(23-8-6-22(2)7-9-23)18(27)25-19(24(15)10-11-26)20-17(21-25)14-4-12-28-13-5-14;1-13-7-3-2-5(4-6(7)9)14-8(10,11)12;1-4-6(10)5(2-9)8-3-7-4/h4,11H,3,5-10,12-13H2,1-2H3;2-4,13H,1H3;2-3,10H,1H3. The maximum absolute atomic E-state index is 13.4. The van der Waals surface area contributed by atoms with Crippen molar-refractivity contribution in [1.29, 1.82) is 0 Å². The number of anilines is 2. The Morgan fingerprint density at radius 3 is 2.44 bits per heavy atom. The van der Waals surface area contributed by atoms with Crippen molar-refractivity contribution in [3.63, 3.8) is 0 Å². The molecule has 0 amide bonds. The van der Waals surface area contributed by atoms with Crippen molar-refractivity contribution in [2.75, 3.05) is 63.7 Å². The maximum atomic E-state index is 13.4. The zero-order valence-corrected chi connectivity index (χ0v) is 30.6. The average molecular weight is 766 g/mol. The van der Waals surface area contributed by atoms with Gasteiger partial charge in [-0.25, -0.2) is 9.97 Å². The number of alkyl halides is 3. The largest absolute Gasteiger partial charge is 0.504 e. The number of piperazine rings is 1. The number of rotatable bonds is 8. The molecule has 52 heavy (non-hydrogen) atoms. The number of halogens is 4. The Labute approximate surface area is 306 Å². The molecule has 0 aliphatic carbocycles. The van der Waals surface area contributed by atoms with Gasteiger partial charge in [-0.2, -0.15) is 22.7 Å². The van der Waals surface area contributed by atoms with Crippen molar-refractivity contribution in [2.24, 2.45) is 0 Å². The van der Waals surface area contributed by atoms with E-state index < -0.39 is 5.51 Å². The predicted molar refractivity (Wildman–Crippen MR) is 193 cm³/mol. The van der Waals surface area contributed by atoms with Crippen LogP contribution in [0.1, 0.15) is 41.0 Å². The molecule has 0 radical (unpaired) electrons. The summed E-state index contributed by atoms with van der Waals surface area (Å²) in [5, 5.41) is 16.6. The Kier molecular flexibility index (Phi) is 14.2. The number of aromatic nitrogens is 6. The highest BCUT2D eigenvalue weighted by molar-refractivity contribution is 8.00. The summed E-state index contributed by atoms with van der Waals surface area (Å²) in [6.45, 7) is 8.23. The molecule has 1 saturated heterocycles. The summed E-state index contributed by atoms with van der Waals surface area (Å²) >= 11 is 5.54. The zero-order valence-electron chi connectivity index (χ0n) is 29.0. The lowest BCUT2D eigenvalue weighted by molar-refractivity contribution is -0.108. The van der Waals surface area contributed by atoms with Gasteiger partial charge in [-0.15, -0.1) is 5.10 Å². The molecular weight excluding hydrogens is 727 g/mol. The third-order valence-electron chi connectivity index (χ3n) is 8.08. The van der Waals surface area contributed by atoms with Crippen LogP contribution in [0, 0.1) is 6.92 Å². The van der Waals surface area contributed by atoms with Crippen molar-refractivity contribution in [1.82, 2.24) is 34.0 Å². The van der Waals surface area contributed by atoms with E-state index in [2.05, 4.69) is 42.2 Å². The molecule has 0 spiro atoms. The Hall–Kier alpha value is -4.52. The number of likely N-dealkylation sites (N-methyl/N-ethyl adjacent to an activating group) is 1. The molecule has 280 valence electrons. The van der Waals surface area contributed by atoms with Crippen LogP contribution in [-0.2, 0) is 22.5 Å². The van der Waals surface area contributed by atoms with Crippen LogP contribution in [0.3, 0.4) is 0 Å². The zero-order chi connectivity index (χ0) is 38.0. The molecule has 2 aliphatic rings. The number of fused-ring (bicyclic) bond motifs is 1. The van der Waals surface area contributed by atoms with Gasteiger partial charge < -0.3 is 34.3 Å². The monoisotopic (exact) mass is 765 g/mol. The molecule has 1 fully saturated rings. The average Bonchev–Trinajstić information content (AvgIpc) is 3.58. The first-order chi connectivity index (χ1) is 24.8. The molecule has 4 aromatic rings. The highest BCUT2D eigenvalue weighted by Gasteiger charge is 2.29. The van der Waals surface area contributed by atoms with Gasteiger partial charge in [0.25, 0.3) is 5.56 Å². The summed E-state index contributed by atoms with van der Waals surface area (Å²) in [6, 6.07) is 4.16. The topological polar surface area (TPSA) is 160 Å². The molecule has 0 saturated carbocycles. The number of benzene rings is 1. The lowest BCUT2D eigenvalue weighted by atomic mass is 10.1. The molecule has 3 aromatic heterocycles. The van der Waals surface area contributed by atoms with E-state index in [0.717, 1.165) is 43.7 Å². The number of nitrogens with zero attached hydrogens (tertiary/aromatic N) is 8. The summed E-state index contributed by atoms with van der Waals surface area (Å²) in [7, 11) is 3.73. The van der Waals surface area contributed by atoms with Gasteiger partial charge in [0.2, 0.25) is 5.78 Å². The molecule has 5 heterocycles. The number of thioether (sulfide) groups is 1. The van der Waals surface area contributed by atoms with E-state index in [1.54, 1.807) is 14.0 Å². The van der Waals surface area contributed by atoms with E-state index in [1.165, 1.54) is 29.0 Å². The summed E-state index contributed by atoms with van der Waals surface area (Å²) in [5.74, 6) is 0.823. The number of carbonyl (C=O) groups is 2. The van der Waals surface area contributed by atoms with Crippen LogP contribution in [0.15, 0.2) is 40.3 Å². The third kappa shape index (κ3) is 10.1. The summed E-state index contributed by atoms with van der Waals surface area (Å²) in [6.07, 6.45) is 5.88. The molecule has 0 atom stereocenters. The first-order valence-electron chi connectivity index (χ1n) is 16.2. The molecule has 2 aliphatic heterocycles. The van der Waals surface area contributed by atoms with Crippen LogP contribution in [0.4, 0.5) is 24.5 Å². The van der Waals surface area contributed by atoms with Crippen molar-refractivity contribution >= 4 is 58.7 Å². The fraction of sp³-hybridized carbons (Fsp3) is 0.424. The minimum absolute atomic E-state index is 0.0347. The number of aldehydes is 2. The number of aromatic hydroxyl groups is 1. The van der Waals surface area contributed by atoms with Crippen LogP contribution in [0.2, 0.25) is 5.02 Å². The van der Waals surface area contributed by atoms with Crippen LogP contribution < -0.4 is 15.8 Å². The molecule has 0 bridgehead atoms. The minimum Gasteiger partial charge on any atom is -0.504 e. The van der Waals surface area contributed by atoms with Crippen molar-refractivity contribution in [3.8, 4) is 5.75 Å². The van der Waals surface area contributed by atoms with E-state index in [0.29, 0.717) is 61.0 Å². The van der Waals surface area contributed by atoms with Gasteiger partial charge in [-0.05, 0) is 62.3 Å². The van der Waals surface area contributed by atoms with Gasteiger partial charge >= 0.3 is 5.51 Å². The highest BCUT2D eigenvalue weighted by Crippen LogP contribution is 2.39. The lowest BCUT2D eigenvalue weighted by Gasteiger charge is -2.35. The lowest BCUT2D eigenvalue weighted by Crippen LogP contribution is -2.47. The number of aryl methyl sites for hydroxylation is 1. The molecule has 2 N–H and O–H groups in total. The smallest absolute Gasteiger partial charge is 0.446 e. The number of nitrogens with one attached hydrogen (secondary N) is 1. The summed E-state index contributed by atoms with van der Waals surface area (Å²) in [5.41, 5.74) is -0.917. The van der Waals surface area contributed by atoms with Crippen molar-refractivity contribution < 1.29 is 32.6 Å². The van der Waals surface area contributed by atoms with Gasteiger partial charge in [0.05, 0.1) is 41.9 Å². The Balaban J connectivity index is 0.000000209. The molecule has 14 nitrogen and oxygen atoms in total. The SMILES string of the molecule is CCc1c(N2CCN(C)CC2)c(=O)n2nc(C3=CCOCC3)nc2n1CC=O.CNc1ccc(SC(F)(F)F)cc1Cl.Cc1ncnc(C=O)c1O. The van der Waals surface area contributed by atoms with E-state index in [-0.39, 0.29) is 45.2 Å². The van der Waals surface area contributed by atoms with Crippen LogP contribution in [0.5, 0.6) is 5.75 Å². The second-order valence-electron chi connectivity index (χ2n) is 11.5. The number of ether oxygens (including phenoxy) is 1. The first-order valence-corrected chi connectivity index (χ1v) is 17.4. The van der Waals surface area contributed by atoms with Gasteiger partial charge in [0.1, 0.15) is 24.0 Å². The maximum Gasteiger partial charge on any atom is 0.446 e. The van der Waals surface area contributed by atoms with E-state index in [9.17, 15) is 27.6 Å². The summed E-state index contributed by atoms with van der Waals surface area (Å²) < 4.78 is 44.4. The minimum atomic E-state index is -4.27. The van der Waals surface area contributed by atoms with Crippen LogP contribution in [0.25, 0.3) is 11.4 Å². The first kappa shape index (κ1) is 40.3. The number of hydrogen-bond acceptors (Lipinski definition) is 13. The van der Waals surface area contributed by atoms with Gasteiger partial charge in [0.15, 0.2) is 17.9 Å². The molecule has 0 unspecified atom stereocenters. The Bertz CT molecular complexity index is 1960. The van der Waals surface area contributed by atoms with Gasteiger partial charge in [-0.3, -0.25) is 9.59 Å². The number of carbonyl (C=O) groups excluding carboxylic acids is 2. The molecule has 19 heteroatoms. The fourth-order valence-corrected chi connectivity index (χ4v) is 6.31. The molecule has 6 rings (SSSR count). The van der Waals surface area contributed by atoms with Gasteiger partial charge in [0, 0.05) is 38.1 Å². The summed E-state index contributed by atoms with van der Waals surface area (Å²) in [4.78, 5) is 51.2. The van der Waals surface area contributed by atoms with Crippen molar-refractivity contribution in [3.05, 3.63) is 68.9 Å². The fourth-order valence-electron chi connectivity index (χ4n) is 5.39. The Morgan fingerprint density at radius 2 is 1.88 bits per heavy atom. The van der Waals surface area contributed by atoms with E-state index >= 15 is 0 Å². The second-order valence-corrected chi connectivity index (χ2v) is 13.0. The van der Waals surface area contributed by atoms with Gasteiger partial charge in [-0.1, -0.05) is 24.6 Å². The van der Waals surface area contributed by atoms with E-state index in [1.807, 2.05) is 17.6 Å². The number of hydrogen-bond donors (Lipinski definition) is 2. The molecule has 1 aromatic carbocycles. The third-order valence-corrected chi connectivity index (χ3v) is 9.11. The predicted octanol–water partition coefficient (Wildman–Crippen LogP) is 4.50. The normalized spacial score (nSPS) is 14.8. The van der Waals surface area contributed by atoms with E-state index in [4.69, 9.17) is 21.4 Å². The highest BCUT2D eigenvalue weighted by atomic mass is 35.5. The quantitative estimate of drug-likeness (QED) is 0.191. The molecular formula is C33H39ClF3N9O5S. The van der Waals surface area contributed by atoms with Crippen LogP contribution >= 0.6 is 23.4 Å². The Morgan fingerprint density at radius 1 is 1.15 bits per heavy atom. The van der Waals surface area contributed by atoms with Crippen molar-refractivity contribution in [2.45, 2.75) is 43.6 Å².